The minimum absolute atomic E-state index is 0.167. The molecule has 0 aromatic rings. The van der Waals surface area contributed by atoms with Gasteiger partial charge in [-0.25, -0.2) is 0 Å². The number of aldehydes is 3. The number of Topliss-reactive ketones (excluding diaryl/α,β-unsaturated/α-hetero) is 1. The number of unbranched alkanes of at least 4 members (excludes halogenated alkanes) is 4. The predicted molar refractivity (Wildman–Crippen MR) is 132 cm³/mol. The first kappa shape index (κ1) is 53.6. The zero-order valence-electron chi connectivity index (χ0n) is 22.2. The number of ketones is 1. The Balaban J connectivity index is -0.0000000372. The summed E-state index contributed by atoms with van der Waals surface area (Å²) in [6.45, 7) is 19.6. The van der Waals surface area contributed by atoms with Crippen LogP contribution in [0.25, 0.3) is 0 Å². The Bertz CT molecular complexity index is 279. The second-order valence-corrected chi connectivity index (χ2v) is 10.0. The molecular weight excluding hydrogens is 920 g/mol. The monoisotopic (exact) mass is 970 g/mol. The second kappa shape index (κ2) is 96.0. The average molecular weight is 970 g/mol. The Morgan fingerprint density at radius 2 is 0.875 bits per heavy atom. The number of hydrogen-bond acceptors (Lipinski definition) is 5. The Morgan fingerprint density at radius 1 is 0.656 bits per heavy atom. The number of ether oxygens (including phenoxy) is 1. The molecule has 0 N–H and O–H groups in total. The van der Waals surface area contributed by atoms with Gasteiger partial charge in [-0.3, -0.25) is 0 Å². The van der Waals surface area contributed by atoms with Crippen LogP contribution in [0, 0.1) is 0 Å². The molecule has 0 radical (unpaired) electrons. The summed E-state index contributed by atoms with van der Waals surface area (Å²) in [6.07, 6.45) is 8.92. The third-order valence-corrected chi connectivity index (χ3v) is 1.60. The maximum atomic E-state index is 9.44. The van der Waals surface area contributed by atoms with Gasteiger partial charge in [0.1, 0.15) is 24.6 Å². The van der Waals surface area contributed by atoms with Gasteiger partial charge < -0.3 is 23.9 Å². The molecule has 0 aliphatic rings. The Hall–Kier alpha value is 0.315. The van der Waals surface area contributed by atoms with Crippen molar-refractivity contribution in [3.8, 4) is 0 Å². The molecule has 0 saturated heterocycles. The van der Waals surface area contributed by atoms with Crippen molar-refractivity contribution in [2.75, 3.05) is 13.2 Å². The molecule has 0 heterocycles. The van der Waals surface area contributed by atoms with Crippen LogP contribution in [0.15, 0.2) is 0 Å². The molecule has 0 aliphatic carbocycles. The molecule has 0 aromatic carbocycles. The van der Waals surface area contributed by atoms with Crippen LogP contribution in [0.3, 0.4) is 0 Å². The Kier molecular flexibility index (Phi) is 161. The van der Waals surface area contributed by atoms with Gasteiger partial charge in [0.05, 0.1) is 0 Å². The van der Waals surface area contributed by atoms with Crippen LogP contribution in [-0.2, 0) is 82.0 Å². The van der Waals surface area contributed by atoms with Gasteiger partial charge >= 0.3 is 92.0 Å². The van der Waals surface area contributed by atoms with E-state index >= 15 is 0 Å². The van der Waals surface area contributed by atoms with Crippen molar-refractivity contribution in [3.63, 3.8) is 0 Å². The van der Waals surface area contributed by atoms with E-state index in [0.29, 0.717) is 0 Å². The standard InChI is InChI=1S/C9H20O.C3H6O.3C2H4O.3C2H4.3W/c1-3-5-6-7-8-9-10-4-2;1-3(2)4;3*1-2-3;3*1-2;;;/h3-9H2,1-2H3;1-2H3;3*2H,1H3;3*1H,2H3;;;. The Morgan fingerprint density at radius 3 is 1.06 bits per heavy atom. The molecule has 0 saturated carbocycles. The minimum atomic E-state index is 0.167. The van der Waals surface area contributed by atoms with Crippen LogP contribution in [-0.4, -0.2) is 51.1 Å². The van der Waals surface area contributed by atoms with Crippen molar-refractivity contribution in [2.24, 2.45) is 0 Å². The van der Waals surface area contributed by atoms with Crippen molar-refractivity contribution >= 4 is 37.8 Å². The SMILES string of the molecule is CC(C)=O.CC=O.CC=O.CC=O.CCCCCCCOCC.C[CH]=[W].C[CH]=[W].C[CH]=[W]. The molecule has 0 aliphatic heterocycles. The van der Waals surface area contributed by atoms with E-state index in [1.807, 2.05) is 27.7 Å². The molecule has 0 rings (SSSR count). The topological polar surface area (TPSA) is 77.5 Å². The molecule has 32 heavy (non-hydrogen) atoms. The number of carbonyl (C=O) groups excluding carboxylic acids is 4. The molecular formula is C24H50O5W3. The summed E-state index contributed by atoms with van der Waals surface area (Å²) in [7, 11) is 0. The van der Waals surface area contributed by atoms with E-state index in [1.165, 1.54) is 66.7 Å². The van der Waals surface area contributed by atoms with Crippen LogP contribution in [0.4, 0.5) is 0 Å². The van der Waals surface area contributed by atoms with Crippen molar-refractivity contribution in [2.45, 2.75) is 101 Å². The average Bonchev–Trinajstić information content (AvgIpc) is 2.68. The number of rotatable bonds is 7. The molecule has 8 heteroatoms. The van der Waals surface area contributed by atoms with E-state index in [4.69, 9.17) is 19.1 Å². The fourth-order valence-corrected chi connectivity index (χ4v) is 0.952. The van der Waals surface area contributed by atoms with Crippen molar-refractivity contribution in [1.82, 2.24) is 0 Å². The molecule has 0 amide bonds. The van der Waals surface area contributed by atoms with Gasteiger partial charge in [-0.05, 0) is 48.0 Å². The fraction of sp³-hybridized carbons (Fsp3) is 0.708. The Labute approximate surface area is 232 Å². The van der Waals surface area contributed by atoms with Crippen molar-refractivity contribution < 1.29 is 82.0 Å². The first-order valence-electron chi connectivity index (χ1n) is 10.6. The maximum absolute atomic E-state index is 9.44. The molecule has 0 bridgehead atoms. The molecule has 0 atom stereocenters. The van der Waals surface area contributed by atoms with Crippen LogP contribution in [0.5, 0.6) is 0 Å². The molecule has 194 valence electrons. The van der Waals surface area contributed by atoms with Crippen LogP contribution in [0.2, 0.25) is 0 Å². The van der Waals surface area contributed by atoms with E-state index in [1.54, 1.807) is 58.1 Å². The number of carbonyl (C=O) groups is 4. The van der Waals surface area contributed by atoms with E-state index in [2.05, 4.69) is 20.1 Å². The molecule has 0 unspecified atom stereocenters. The summed E-state index contributed by atoms with van der Waals surface area (Å²) in [5.74, 6) is 0.167. The first-order valence-corrected chi connectivity index (χ1v) is 15.7. The van der Waals surface area contributed by atoms with Gasteiger partial charge in [0.2, 0.25) is 0 Å². The van der Waals surface area contributed by atoms with Gasteiger partial charge in [-0.2, -0.15) is 0 Å². The quantitative estimate of drug-likeness (QED) is 0.257. The molecule has 0 fully saturated rings. The summed E-state index contributed by atoms with van der Waals surface area (Å²) in [6, 6.07) is 0. The summed E-state index contributed by atoms with van der Waals surface area (Å²) >= 11 is 4.64. The van der Waals surface area contributed by atoms with Crippen LogP contribution < -0.4 is 0 Å². The van der Waals surface area contributed by atoms with Gasteiger partial charge in [0.15, 0.2) is 0 Å². The normalized spacial score (nSPS) is 6.44. The predicted octanol–water partition coefficient (Wildman–Crippen LogP) is 5.27. The zero-order valence-corrected chi connectivity index (χ0v) is 31.0. The molecule has 5 nitrogen and oxygen atoms in total. The fourth-order valence-electron chi connectivity index (χ4n) is 0.952. The van der Waals surface area contributed by atoms with Crippen LogP contribution >= 0.6 is 0 Å². The summed E-state index contributed by atoms with van der Waals surface area (Å²) in [4.78, 5) is 35.9. The second-order valence-electron chi connectivity index (χ2n) is 4.93. The van der Waals surface area contributed by atoms with Crippen molar-refractivity contribution in [3.05, 3.63) is 0 Å². The summed E-state index contributed by atoms with van der Waals surface area (Å²) in [5.41, 5.74) is 0. The van der Waals surface area contributed by atoms with Gasteiger partial charge in [-0.1, -0.05) is 32.6 Å². The zero-order chi connectivity index (χ0) is 27.5. The number of hydrogen-bond donors (Lipinski definition) is 0. The van der Waals surface area contributed by atoms with Crippen molar-refractivity contribution in [1.29, 1.82) is 0 Å². The molecule has 0 aromatic heterocycles. The first-order chi connectivity index (χ1) is 15.1. The third-order valence-electron chi connectivity index (χ3n) is 1.60. The van der Waals surface area contributed by atoms with E-state index in [0.717, 1.165) is 32.1 Å². The van der Waals surface area contributed by atoms with Gasteiger partial charge in [0, 0.05) is 13.2 Å². The van der Waals surface area contributed by atoms with E-state index in [-0.39, 0.29) is 5.78 Å². The van der Waals surface area contributed by atoms with E-state index < -0.39 is 0 Å². The van der Waals surface area contributed by atoms with E-state index in [9.17, 15) is 4.79 Å². The van der Waals surface area contributed by atoms with Gasteiger partial charge in [-0.15, -0.1) is 0 Å². The summed E-state index contributed by atoms with van der Waals surface area (Å²) in [5, 5.41) is 0. The third kappa shape index (κ3) is 487. The summed E-state index contributed by atoms with van der Waals surface area (Å²) < 4.78 is 11.5. The van der Waals surface area contributed by atoms with Gasteiger partial charge in [0.25, 0.3) is 0 Å². The van der Waals surface area contributed by atoms with Crippen LogP contribution in [0.1, 0.15) is 101 Å². The molecule has 0 spiro atoms.